The van der Waals surface area contributed by atoms with Gasteiger partial charge in [-0.3, -0.25) is 9.51 Å². The van der Waals surface area contributed by atoms with Gasteiger partial charge >= 0.3 is 7.69 Å². The van der Waals surface area contributed by atoms with E-state index in [1.165, 1.54) is 0 Å². The third kappa shape index (κ3) is 6.78. The monoisotopic (exact) mass is 132 g/mol. The highest BCUT2D eigenvalue weighted by molar-refractivity contribution is 6.17. The van der Waals surface area contributed by atoms with Crippen molar-refractivity contribution in [3.8, 4) is 0 Å². The Labute approximate surface area is 51.1 Å². The van der Waals surface area contributed by atoms with Gasteiger partial charge in [-0.15, -0.1) is 0 Å². The summed E-state index contributed by atoms with van der Waals surface area (Å²) in [5.41, 5.74) is 15.9. The molecule has 4 N–H and O–H groups in total. The molecule has 0 saturated carbocycles. The van der Waals surface area contributed by atoms with Gasteiger partial charge in [0.25, 0.3) is 0 Å². The minimum absolute atomic E-state index is 0.190. The van der Waals surface area contributed by atoms with Gasteiger partial charge in [-0.2, -0.15) is 22.2 Å². The van der Waals surface area contributed by atoms with Gasteiger partial charge in [0.15, 0.2) is 0 Å². The van der Waals surface area contributed by atoms with Crippen LogP contribution in [0.3, 0.4) is 0 Å². The highest BCUT2D eigenvalue weighted by Crippen LogP contribution is 1.63. The van der Waals surface area contributed by atoms with Crippen molar-refractivity contribution in [3.05, 3.63) is 0 Å². The largest absolute Gasteiger partial charge is 0.491 e. The van der Waals surface area contributed by atoms with Gasteiger partial charge in [0.1, 0.15) is 0 Å². The molecule has 0 radical (unpaired) electrons. The van der Waals surface area contributed by atoms with Gasteiger partial charge in [-0.05, 0) is 0 Å². The Morgan fingerprint density at radius 3 is 1.89 bits per heavy atom. The fourth-order valence-corrected chi connectivity index (χ4v) is 0.147. The van der Waals surface area contributed by atoms with E-state index in [4.69, 9.17) is 11.1 Å². The lowest BCUT2D eigenvalue weighted by Gasteiger charge is -1.96. The second-order valence-electron chi connectivity index (χ2n) is 0.813. The summed E-state index contributed by atoms with van der Waals surface area (Å²) in [6.07, 6.45) is 0. The SMILES string of the molecule is N=NNOBONN=N. The first-order valence-corrected chi connectivity index (χ1v) is 1.88. The molecular weight excluding hydrogens is 127 g/mol. The Bertz CT molecular complexity index is 73.1. The molecule has 0 aromatic rings. The van der Waals surface area contributed by atoms with E-state index in [-0.39, 0.29) is 7.69 Å². The minimum Gasteiger partial charge on any atom is -0.286 e. The Morgan fingerprint density at radius 1 is 1.11 bits per heavy atom. The van der Waals surface area contributed by atoms with Crippen molar-refractivity contribution in [2.45, 2.75) is 0 Å². The zero-order valence-corrected chi connectivity index (χ0v) is 4.42. The van der Waals surface area contributed by atoms with Crippen LogP contribution in [-0.4, -0.2) is 7.69 Å². The lowest BCUT2D eigenvalue weighted by atomic mass is 10.4. The maximum atomic E-state index is 6.14. The Morgan fingerprint density at radius 2 is 1.56 bits per heavy atom. The molecule has 8 nitrogen and oxygen atoms in total. The standard InChI is InChI=1S/BH5N6O2/c2-4-6-8-1-9-7-5-3/h1H,(H2,2,6)(H2,3,7). The number of nitrogens with zero attached hydrogens (tertiary/aromatic N) is 2. The summed E-state index contributed by atoms with van der Waals surface area (Å²) in [7, 11) is -0.190. The first-order valence-electron chi connectivity index (χ1n) is 1.88. The van der Waals surface area contributed by atoms with Gasteiger partial charge in [0, 0.05) is 0 Å². The summed E-state index contributed by atoms with van der Waals surface area (Å²) < 4.78 is 8.51. The van der Waals surface area contributed by atoms with E-state index >= 15 is 0 Å². The zero-order chi connectivity index (χ0) is 6.95. The van der Waals surface area contributed by atoms with Crippen molar-refractivity contribution < 1.29 is 9.51 Å². The molecule has 9 heavy (non-hydrogen) atoms. The van der Waals surface area contributed by atoms with Gasteiger partial charge in [0.05, 0.1) is 0 Å². The number of hydrogen-bond donors (Lipinski definition) is 4. The summed E-state index contributed by atoms with van der Waals surface area (Å²) in [6, 6.07) is 0. The van der Waals surface area contributed by atoms with Crippen molar-refractivity contribution in [2.24, 2.45) is 10.4 Å². The Balaban J connectivity index is 2.74. The maximum Gasteiger partial charge on any atom is 0.491 e. The molecule has 0 aromatic heterocycles. The number of rotatable bonds is 6. The predicted molar refractivity (Wildman–Crippen MR) is 25.9 cm³/mol. The molecule has 0 aliphatic rings. The smallest absolute Gasteiger partial charge is 0.286 e. The van der Waals surface area contributed by atoms with Crippen LogP contribution in [0.2, 0.25) is 0 Å². The highest BCUT2D eigenvalue weighted by atomic mass is 16.8. The van der Waals surface area contributed by atoms with Crippen molar-refractivity contribution in [1.29, 1.82) is 11.1 Å². The third-order valence-corrected chi connectivity index (χ3v) is 0.338. The first-order chi connectivity index (χ1) is 4.41. The second-order valence-corrected chi connectivity index (χ2v) is 0.813. The summed E-state index contributed by atoms with van der Waals surface area (Å²) in [5, 5.41) is 5.25. The predicted octanol–water partition coefficient (Wildman–Crippen LogP) is -0.813. The summed E-state index contributed by atoms with van der Waals surface area (Å²) in [5.74, 6) is 0. The van der Waals surface area contributed by atoms with E-state index in [2.05, 4.69) is 20.0 Å². The van der Waals surface area contributed by atoms with Crippen molar-refractivity contribution >= 4 is 7.69 Å². The van der Waals surface area contributed by atoms with Crippen molar-refractivity contribution in [3.63, 3.8) is 0 Å². The fourth-order valence-electron chi connectivity index (χ4n) is 0.147. The molecule has 0 saturated heterocycles. The summed E-state index contributed by atoms with van der Waals surface area (Å²) in [4.78, 5) is 0. The Kier molecular flexibility index (Phi) is 5.87. The van der Waals surface area contributed by atoms with Crippen LogP contribution in [0.4, 0.5) is 0 Å². The lowest BCUT2D eigenvalue weighted by Crippen LogP contribution is -2.18. The molecule has 0 aliphatic heterocycles. The molecule has 0 unspecified atom stereocenters. The molecule has 50 valence electrons. The molecule has 9 heteroatoms. The molecule has 0 fully saturated rings. The number of hydrogen-bond acceptors (Lipinski definition) is 6. The fraction of sp³-hybridized carbons (Fsp3) is 0. The van der Waals surface area contributed by atoms with E-state index in [9.17, 15) is 0 Å². The van der Waals surface area contributed by atoms with Crippen LogP contribution in [0, 0.1) is 11.1 Å². The van der Waals surface area contributed by atoms with Gasteiger partial charge in [-0.25, -0.2) is 0 Å². The molecule has 0 aliphatic carbocycles. The molecule has 0 rings (SSSR count). The molecular formula is H5BN6O2. The molecule has 0 spiro atoms. The van der Waals surface area contributed by atoms with Crippen LogP contribution in [0.15, 0.2) is 10.4 Å². The minimum atomic E-state index is -0.190. The number of nitrogens with one attached hydrogen (secondary N) is 4. The van der Waals surface area contributed by atoms with E-state index in [1.54, 1.807) is 0 Å². The van der Waals surface area contributed by atoms with Crippen molar-refractivity contribution in [2.75, 3.05) is 0 Å². The van der Waals surface area contributed by atoms with Crippen molar-refractivity contribution in [1.82, 2.24) is 11.2 Å². The van der Waals surface area contributed by atoms with Crippen LogP contribution < -0.4 is 11.2 Å². The van der Waals surface area contributed by atoms with Crippen LogP contribution in [0.25, 0.3) is 0 Å². The quantitative estimate of drug-likeness (QED) is 0.163. The van der Waals surface area contributed by atoms with E-state index in [0.29, 0.717) is 0 Å². The van der Waals surface area contributed by atoms with Crippen LogP contribution in [0.5, 0.6) is 0 Å². The topological polar surface area (TPSA) is 115 Å². The zero-order valence-electron chi connectivity index (χ0n) is 4.42. The average Bonchev–Trinajstić information content (AvgIpc) is 1.89. The molecule has 0 heterocycles. The van der Waals surface area contributed by atoms with Gasteiger partial charge < -0.3 is 0 Å². The third-order valence-electron chi connectivity index (χ3n) is 0.338. The van der Waals surface area contributed by atoms with E-state index < -0.39 is 0 Å². The molecule has 0 bridgehead atoms. The van der Waals surface area contributed by atoms with Crippen LogP contribution >= 0.6 is 0 Å². The summed E-state index contributed by atoms with van der Waals surface area (Å²) in [6.45, 7) is 0. The van der Waals surface area contributed by atoms with E-state index in [0.717, 1.165) is 0 Å². The highest BCUT2D eigenvalue weighted by Gasteiger charge is 1.87. The van der Waals surface area contributed by atoms with Crippen LogP contribution in [0.1, 0.15) is 0 Å². The molecule has 0 amide bonds. The average molecular weight is 132 g/mol. The van der Waals surface area contributed by atoms with Gasteiger partial charge in [-0.1, -0.05) is 10.4 Å². The molecule has 0 atom stereocenters. The van der Waals surface area contributed by atoms with Gasteiger partial charge in [0.2, 0.25) is 0 Å². The lowest BCUT2D eigenvalue weighted by molar-refractivity contribution is 0.0996. The molecule has 0 aromatic carbocycles. The normalized spacial score (nSPS) is 7.56. The van der Waals surface area contributed by atoms with E-state index in [1.807, 2.05) is 11.2 Å². The second kappa shape index (κ2) is 6.78. The maximum absolute atomic E-state index is 6.14. The Hall–Kier alpha value is -1.22. The summed E-state index contributed by atoms with van der Waals surface area (Å²) >= 11 is 0. The first kappa shape index (κ1) is 7.78. The van der Waals surface area contributed by atoms with Crippen LogP contribution in [-0.2, 0) is 9.51 Å².